The van der Waals surface area contributed by atoms with E-state index in [1.807, 2.05) is 7.05 Å². The predicted molar refractivity (Wildman–Crippen MR) is 57.3 cm³/mol. The van der Waals surface area contributed by atoms with E-state index < -0.39 is 0 Å². The zero-order valence-electron chi connectivity index (χ0n) is 9.48. The van der Waals surface area contributed by atoms with Gasteiger partial charge < -0.3 is 5.32 Å². The fourth-order valence-corrected chi connectivity index (χ4v) is 1.84. The van der Waals surface area contributed by atoms with Crippen molar-refractivity contribution >= 4 is 0 Å². The summed E-state index contributed by atoms with van der Waals surface area (Å²) in [5.41, 5.74) is 0. The standard InChI is InChI=1S/C10H19N5/c1-3-6-11-9(8-4-5-8)7-10-12-14-15(2)13-10/h8-9,11H,3-7H2,1-2H3. The Bertz CT molecular complexity index is 305. The maximum atomic E-state index is 4.22. The summed E-state index contributed by atoms with van der Waals surface area (Å²) >= 11 is 0. The third-order valence-corrected chi connectivity index (χ3v) is 2.80. The molecule has 0 aliphatic heterocycles. The molecule has 0 aromatic carbocycles. The normalized spacial score (nSPS) is 18.0. The zero-order valence-corrected chi connectivity index (χ0v) is 9.48. The Balaban J connectivity index is 1.88. The second kappa shape index (κ2) is 4.70. The lowest BCUT2D eigenvalue weighted by atomic mass is 10.1. The third-order valence-electron chi connectivity index (χ3n) is 2.80. The van der Waals surface area contributed by atoms with Crippen LogP contribution in [0.15, 0.2) is 0 Å². The maximum Gasteiger partial charge on any atom is 0.176 e. The Morgan fingerprint density at radius 3 is 2.87 bits per heavy atom. The zero-order chi connectivity index (χ0) is 10.7. The van der Waals surface area contributed by atoms with Crippen LogP contribution in [0, 0.1) is 5.92 Å². The SMILES string of the molecule is CCCNC(Cc1nnn(C)n1)C1CC1. The molecule has 0 amide bonds. The largest absolute Gasteiger partial charge is 0.313 e. The lowest BCUT2D eigenvalue weighted by molar-refractivity contribution is 0.451. The molecule has 1 N–H and O–H groups in total. The van der Waals surface area contributed by atoms with Crippen molar-refractivity contribution in [1.29, 1.82) is 0 Å². The first-order valence-electron chi connectivity index (χ1n) is 5.76. The van der Waals surface area contributed by atoms with E-state index in [1.165, 1.54) is 24.1 Å². The van der Waals surface area contributed by atoms with Crippen LogP contribution in [0.5, 0.6) is 0 Å². The van der Waals surface area contributed by atoms with Gasteiger partial charge in [0.25, 0.3) is 0 Å². The van der Waals surface area contributed by atoms with Crippen molar-refractivity contribution in [2.75, 3.05) is 6.54 Å². The molecule has 1 unspecified atom stereocenters. The molecule has 1 aliphatic carbocycles. The lowest BCUT2D eigenvalue weighted by Crippen LogP contribution is -2.34. The van der Waals surface area contributed by atoms with Gasteiger partial charge in [0.05, 0.1) is 7.05 Å². The van der Waals surface area contributed by atoms with E-state index in [4.69, 9.17) is 0 Å². The molecular formula is C10H19N5. The van der Waals surface area contributed by atoms with Crippen LogP contribution < -0.4 is 5.32 Å². The predicted octanol–water partition coefficient (Wildman–Crippen LogP) is 0.531. The second-order valence-electron chi connectivity index (χ2n) is 4.30. The Morgan fingerprint density at radius 1 is 1.53 bits per heavy atom. The Labute approximate surface area is 90.2 Å². The van der Waals surface area contributed by atoms with Crippen LogP contribution in [0.1, 0.15) is 32.0 Å². The first kappa shape index (κ1) is 10.5. The van der Waals surface area contributed by atoms with Crippen LogP contribution >= 0.6 is 0 Å². The summed E-state index contributed by atoms with van der Waals surface area (Å²) in [7, 11) is 1.81. The molecule has 1 aliphatic rings. The van der Waals surface area contributed by atoms with E-state index in [9.17, 15) is 0 Å². The number of hydrogen-bond donors (Lipinski definition) is 1. The number of tetrazole rings is 1. The molecule has 15 heavy (non-hydrogen) atoms. The number of hydrogen-bond acceptors (Lipinski definition) is 4. The average molecular weight is 209 g/mol. The van der Waals surface area contributed by atoms with Crippen LogP contribution in [-0.2, 0) is 13.5 Å². The van der Waals surface area contributed by atoms with E-state index in [1.54, 1.807) is 0 Å². The molecule has 84 valence electrons. The van der Waals surface area contributed by atoms with E-state index >= 15 is 0 Å². The highest BCUT2D eigenvalue weighted by Crippen LogP contribution is 2.33. The number of nitrogens with zero attached hydrogens (tertiary/aromatic N) is 4. The number of aryl methyl sites for hydroxylation is 1. The van der Waals surface area contributed by atoms with Gasteiger partial charge in [0.15, 0.2) is 5.82 Å². The van der Waals surface area contributed by atoms with E-state index in [0.717, 1.165) is 24.7 Å². The Kier molecular flexibility index (Phi) is 3.30. The summed E-state index contributed by atoms with van der Waals surface area (Å²) in [5.74, 6) is 1.69. The maximum absolute atomic E-state index is 4.22. The van der Waals surface area contributed by atoms with Crippen LogP contribution in [0.25, 0.3) is 0 Å². The van der Waals surface area contributed by atoms with E-state index in [2.05, 4.69) is 27.7 Å². The monoisotopic (exact) mass is 209 g/mol. The van der Waals surface area contributed by atoms with Gasteiger partial charge in [-0.05, 0) is 36.9 Å². The van der Waals surface area contributed by atoms with Crippen molar-refractivity contribution in [3.05, 3.63) is 5.82 Å². The van der Waals surface area contributed by atoms with Crippen LogP contribution in [0.2, 0.25) is 0 Å². The van der Waals surface area contributed by atoms with Gasteiger partial charge in [0, 0.05) is 12.5 Å². The van der Waals surface area contributed by atoms with Gasteiger partial charge in [-0.15, -0.1) is 10.2 Å². The molecule has 1 saturated carbocycles. The molecule has 5 heteroatoms. The van der Waals surface area contributed by atoms with Crippen molar-refractivity contribution in [3.8, 4) is 0 Å². The molecular weight excluding hydrogens is 190 g/mol. The van der Waals surface area contributed by atoms with Crippen LogP contribution in [0.3, 0.4) is 0 Å². The summed E-state index contributed by atoms with van der Waals surface area (Å²) in [4.78, 5) is 1.53. The molecule has 1 fully saturated rings. The fraction of sp³-hybridized carbons (Fsp3) is 0.900. The van der Waals surface area contributed by atoms with E-state index in [0.29, 0.717) is 6.04 Å². The summed E-state index contributed by atoms with van der Waals surface area (Å²) in [6, 6.07) is 0.550. The first-order valence-corrected chi connectivity index (χ1v) is 5.76. The minimum Gasteiger partial charge on any atom is -0.313 e. The summed E-state index contributed by atoms with van der Waals surface area (Å²) in [6.45, 7) is 3.28. The molecule has 0 saturated heterocycles. The minimum atomic E-state index is 0.550. The van der Waals surface area contributed by atoms with Crippen molar-refractivity contribution in [3.63, 3.8) is 0 Å². The third kappa shape index (κ3) is 2.99. The molecule has 1 atom stereocenters. The highest BCUT2D eigenvalue weighted by atomic mass is 15.6. The van der Waals surface area contributed by atoms with Crippen molar-refractivity contribution < 1.29 is 0 Å². The highest BCUT2D eigenvalue weighted by Gasteiger charge is 2.31. The van der Waals surface area contributed by atoms with Gasteiger partial charge in [-0.1, -0.05) is 6.92 Å². The average Bonchev–Trinajstić information content (AvgIpc) is 2.98. The molecule has 1 heterocycles. The van der Waals surface area contributed by atoms with Crippen molar-refractivity contribution in [1.82, 2.24) is 25.5 Å². The molecule has 0 spiro atoms. The summed E-state index contributed by atoms with van der Waals surface area (Å²) < 4.78 is 0. The lowest BCUT2D eigenvalue weighted by Gasteiger charge is -2.15. The van der Waals surface area contributed by atoms with Gasteiger partial charge >= 0.3 is 0 Å². The minimum absolute atomic E-state index is 0.550. The Hall–Kier alpha value is -0.970. The van der Waals surface area contributed by atoms with Gasteiger partial charge in [-0.2, -0.15) is 4.80 Å². The molecule has 2 rings (SSSR count). The number of aromatic nitrogens is 4. The second-order valence-corrected chi connectivity index (χ2v) is 4.30. The van der Waals surface area contributed by atoms with Gasteiger partial charge in [0.1, 0.15) is 0 Å². The summed E-state index contributed by atoms with van der Waals surface area (Å²) in [6.07, 6.45) is 4.79. The Morgan fingerprint density at radius 2 is 2.33 bits per heavy atom. The molecule has 0 bridgehead atoms. The first-order chi connectivity index (χ1) is 7.29. The highest BCUT2D eigenvalue weighted by molar-refractivity contribution is 4.93. The summed E-state index contributed by atoms with van der Waals surface area (Å²) in [5, 5.41) is 15.7. The molecule has 1 aromatic rings. The van der Waals surface area contributed by atoms with E-state index in [-0.39, 0.29) is 0 Å². The number of nitrogens with one attached hydrogen (secondary N) is 1. The smallest absolute Gasteiger partial charge is 0.176 e. The van der Waals surface area contributed by atoms with Crippen molar-refractivity contribution in [2.24, 2.45) is 13.0 Å². The fourth-order valence-electron chi connectivity index (χ4n) is 1.84. The van der Waals surface area contributed by atoms with Crippen LogP contribution in [-0.4, -0.2) is 32.8 Å². The van der Waals surface area contributed by atoms with Gasteiger partial charge in [0.2, 0.25) is 0 Å². The van der Waals surface area contributed by atoms with Crippen LogP contribution in [0.4, 0.5) is 0 Å². The van der Waals surface area contributed by atoms with Gasteiger partial charge in [-0.25, -0.2) is 0 Å². The molecule has 5 nitrogen and oxygen atoms in total. The molecule has 0 radical (unpaired) electrons. The topological polar surface area (TPSA) is 55.6 Å². The number of rotatable bonds is 6. The quantitative estimate of drug-likeness (QED) is 0.742. The van der Waals surface area contributed by atoms with Crippen molar-refractivity contribution in [2.45, 2.75) is 38.6 Å². The van der Waals surface area contributed by atoms with Gasteiger partial charge in [-0.3, -0.25) is 0 Å². The molecule has 1 aromatic heterocycles.